The zero-order valence-electron chi connectivity index (χ0n) is 13.0. The van der Waals surface area contributed by atoms with Gasteiger partial charge in [-0.25, -0.2) is 14.8 Å². The molecule has 0 spiro atoms. The summed E-state index contributed by atoms with van der Waals surface area (Å²) in [5.74, 6) is -1.17. The van der Waals surface area contributed by atoms with E-state index in [1.807, 2.05) is 6.26 Å². The molecule has 0 aliphatic carbocycles. The lowest BCUT2D eigenvalue weighted by molar-refractivity contribution is -0.145. The fourth-order valence-electron chi connectivity index (χ4n) is 1.99. The average Bonchev–Trinajstić information content (AvgIpc) is 2.54. The highest BCUT2D eigenvalue weighted by Crippen LogP contribution is 2.40. The van der Waals surface area contributed by atoms with E-state index in [2.05, 4.69) is 9.97 Å². The van der Waals surface area contributed by atoms with Crippen LogP contribution in [0.4, 0.5) is 0 Å². The van der Waals surface area contributed by atoms with Gasteiger partial charge in [0.25, 0.3) is 0 Å². The van der Waals surface area contributed by atoms with Crippen LogP contribution in [0.3, 0.4) is 0 Å². The van der Waals surface area contributed by atoms with Crippen molar-refractivity contribution in [3.63, 3.8) is 0 Å². The molecule has 1 aromatic heterocycles. The molecule has 2 N–H and O–H groups in total. The van der Waals surface area contributed by atoms with Crippen LogP contribution in [-0.2, 0) is 19.1 Å². The highest BCUT2D eigenvalue weighted by Gasteiger charge is 2.39. The molecule has 7 nitrogen and oxygen atoms in total. The van der Waals surface area contributed by atoms with Gasteiger partial charge in [-0.3, -0.25) is 4.79 Å². The molecule has 0 amide bonds. The van der Waals surface area contributed by atoms with Crippen LogP contribution >= 0.6 is 23.5 Å². The molecular formula is C14H17N3O4S2. The number of nitrogens with two attached hydrogens (primary N) is 1. The summed E-state index contributed by atoms with van der Waals surface area (Å²) in [5, 5.41) is 0.213. The van der Waals surface area contributed by atoms with E-state index < -0.39 is 17.2 Å². The minimum absolute atomic E-state index is 0.0864. The van der Waals surface area contributed by atoms with E-state index in [1.165, 1.54) is 11.8 Å². The lowest BCUT2D eigenvalue weighted by atomic mass is 10.1. The van der Waals surface area contributed by atoms with Crippen LogP contribution in [0, 0.1) is 0 Å². The topological polar surface area (TPSA) is 104 Å². The smallest absolute Gasteiger partial charge is 0.337 e. The first-order valence-corrected chi connectivity index (χ1v) is 9.05. The Balaban J connectivity index is 2.52. The molecule has 0 aromatic carbocycles. The number of aromatic nitrogens is 2. The highest BCUT2D eigenvalue weighted by molar-refractivity contribution is 8.01. The monoisotopic (exact) mass is 355 g/mol. The molecule has 9 heteroatoms. The Morgan fingerprint density at radius 3 is 2.65 bits per heavy atom. The molecule has 0 fully saturated rings. The van der Waals surface area contributed by atoms with Crippen LogP contribution in [-0.4, -0.2) is 46.6 Å². The fraction of sp³-hybridized carbons (Fsp3) is 0.429. The van der Waals surface area contributed by atoms with Gasteiger partial charge in [-0.2, -0.15) is 0 Å². The number of nitrogens with zero attached hydrogens (tertiary/aromatic N) is 2. The number of fused-ring (bicyclic) bond motifs is 1. The minimum atomic E-state index is -0.897. The van der Waals surface area contributed by atoms with Crippen LogP contribution in [0.15, 0.2) is 22.0 Å². The third kappa shape index (κ3) is 3.61. The molecule has 1 aliphatic heterocycles. The lowest BCUT2D eigenvalue weighted by Crippen LogP contribution is -2.32. The molecule has 0 saturated carbocycles. The number of hydrogen-bond acceptors (Lipinski definition) is 9. The summed E-state index contributed by atoms with van der Waals surface area (Å²) in [4.78, 5) is 33.0. The van der Waals surface area contributed by atoms with Crippen molar-refractivity contribution in [1.82, 2.24) is 9.97 Å². The van der Waals surface area contributed by atoms with Crippen molar-refractivity contribution in [2.24, 2.45) is 5.73 Å². The Hall–Kier alpha value is -1.74. The normalized spacial score (nSPS) is 16.7. The number of carbonyl (C=O) groups is 2. The Kier molecular flexibility index (Phi) is 5.89. The molecule has 124 valence electrons. The highest BCUT2D eigenvalue weighted by atomic mass is 32.2. The summed E-state index contributed by atoms with van der Waals surface area (Å²) in [7, 11) is 0. The second-order valence-electron chi connectivity index (χ2n) is 4.37. The predicted molar refractivity (Wildman–Crippen MR) is 87.8 cm³/mol. The third-order valence-corrected chi connectivity index (χ3v) is 4.74. The van der Waals surface area contributed by atoms with Crippen LogP contribution in [0.25, 0.3) is 5.70 Å². The molecule has 1 unspecified atom stereocenters. The first-order valence-electron chi connectivity index (χ1n) is 6.94. The van der Waals surface area contributed by atoms with Crippen molar-refractivity contribution in [2.45, 2.75) is 29.3 Å². The van der Waals surface area contributed by atoms with Gasteiger partial charge in [0.15, 0.2) is 5.16 Å². The van der Waals surface area contributed by atoms with E-state index in [0.717, 1.165) is 11.8 Å². The maximum absolute atomic E-state index is 12.2. The Morgan fingerprint density at radius 1 is 1.35 bits per heavy atom. The maximum Gasteiger partial charge on any atom is 0.337 e. The largest absolute Gasteiger partial charge is 0.465 e. The summed E-state index contributed by atoms with van der Waals surface area (Å²) < 4.78 is 10.1. The van der Waals surface area contributed by atoms with Crippen molar-refractivity contribution < 1.29 is 19.1 Å². The van der Waals surface area contributed by atoms with Crippen LogP contribution < -0.4 is 5.73 Å². The van der Waals surface area contributed by atoms with Gasteiger partial charge >= 0.3 is 11.9 Å². The van der Waals surface area contributed by atoms with Crippen LogP contribution in [0.1, 0.15) is 19.4 Å². The Bertz CT molecular complexity index is 663. The second kappa shape index (κ2) is 7.69. The summed E-state index contributed by atoms with van der Waals surface area (Å²) in [6, 6.07) is 0. The minimum Gasteiger partial charge on any atom is -0.465 e. The fourth-order valence-corrected chi connectivity index (χ4v) is 3.55. The van der Waals surface area contributed by atoms with Gasteiger partial charge < -0.3 is 15.2 Å². The van der Waals surface area contributed by atoms with Gasteiger partial charge in [-0.15, -0.1) is 0 Å². The number of ether oxygens (including phenoxy) is 2. The van der Waals surface area contributed by atoms with E-state index in [0.29, 0.717) is 15.7 Å². The zero-order chi connectivity index (χ0) is 17.0. The van der Waals surface area contributed by atoms with Gasteiger partial charge in [0.1, 0.15) is 10.3 Å². The predicted octanol–water partition coefficient (Wildman–Crippen LogP) is 1.47. The molecular weight excluding hydrogens is 338 g/mol. The summed E-state index contributed by atoms with van der Waals surface area (Å²) in [5.41, 5.74) is 6.87. The standard InChI is InChI=1S/C14H17N3O4S2/c1-4-20-12(18)8-9(15)7-6-16-14(22-3)17-11(7)23-10(8)13(19)21-5-2/h6,10H,4-5,15H2,1-3H3. The zero-order valence-corrected chi connectivity index (χ0v) is 14.6. The van der Waals surface area contributed by atoms with Crippen molar-refractivity contribution in [2.75, 3.05) is 19.5 Å². The second-order valence-corrected chi connectivity index (χ2v) is 6.24. The first-order chi connectivity index (χ1) is 11.0. The number of hydrogen-bond donors (Lipinski definition) is 1. The molecule has 2 rings (SSSR count). The number of esters is 2. The molecule has 1 aliphatic rings. The average molecular weight is 355 g/mol. The summed E-state index contributed by atoms with van der Waals surface area (Å²) >= 11 is 2.50. The van der Waals surface area contributed by atoms with E-state index in [-0.39, 0.29) is 24.5 Å². The van der Waals surface area contributed by atoms with E-state index >= 15 is 0 Å². The van der Waals surface area contributed by atoms with Gasteiger partial charge in [-0.1, -0.05) is 23.5 Å². The third-order valence-electron chi connectivity index (χ3n) is 2.98. The van der Waals surface area contributed by atoms with Crippen molar-refractivity contribution >= 4 is 41.2 Å². The molecule has 2 heterocycles. The summed E-state index contributed by atoms with van der Waals surface area (Å²) in [6.07, 6.45) is 3.40. The van der Waals surface area contributed by atoms with Gasteiger partial charge in [0, 0.05) is 11.8 Å². The van der Waals surface area contributed by atoms with Gasteiger partial charge in [-0.05, 0) is 20.1 Å². The van der Waals surface area contributed by atoms with Gasteiger partial charge in [0.2, 0.25) is 0 Å². The van der Waals surface area contributed by atoms with Crippen molar-refractivity contribution in [1.29, 1.82) is 0 Å². The van der Waals surface area contributed by atoms with E-state index in [4.69, 9.17) is 15.2 Å². The molecule has 0 saturated heterocycles. The SMILES string of the molecule is CCOC(=O)C1=C(N)c2cnc(SC)nc2SC1C(=O)OCC. The molecule has 1 aromatic rings. The maximum atomic E-state index is 12.2. The lowest BCUT2D eigenvalue weighted by Gasteiger charge is -2.25. The molecule has 23 heavy (non-hydrogen) atoms. The van der Waals surface area contributed by atoms with E-state index in [9.17, 15) is 9.59 Å². The Morgan fingerprint density at radius 2 is 2.04 bits per heavy atom. The Labute approximate surface area is 142 Å². The molecule has 1 atom stereocenters. The van der Waals surface area contributed by atoms with Gasteiger partial charge in [0.05, 0.1) is 24.5 Å². The van der Waals surface area contributed by atoms with E-state index in [1.54, 1.807) is 20.0 Å². The molecule has 0 radical (unpaired) electrons. The quantitative estimate of drug-likeness (QED) is 0.364. The molecule has 0 bridgehead atoms. The first kappa shape index (κ1) is 17.6. The number of thioether (sulfide) groups is 2. The summed E-state index contributed by atoms with van der Waals surface area (Å²) in [6.45, 7) is 3.78. The van der Waals surface area contributed by atoms with Crippen molar-refractivity contribution in [3.8, 4) is 0 Å². The number of carbonyl (C=O) groups excluding carboxylic acids is 2. The van der Waals surface area contributed by atoms with Crippen LogP contribution in [0.2, 0.25) is 0 Å². The number of rotatable bonds is 5. The van der Waals surface area contributed by atoms with Crippen molar-refractivity contribution in [3.05, 3.63) is 17.3 Å². The van der Waals surface area contributed by atoms with Crippen LogP contribution in [0.5, 0.6) is 0 Å².